The molecule has 0 radical (unpaired) electrons. The van der Waals surface area contributed by atoms with Gasteiger partial charge in [0.05, 0.1) is 16.6 Å². The van der Waals surface area contributed by atoms with Crippen molar-refractivity contribution in [3.8, 4) is 11.3 Å². The number of benzene rings is 1. The van der Waals surface area contributed by atoms with Gasteiger partial charge in [-0.3, -0.25) is 0 Å². The molecular weight excluding hydrogens is 345 g/mol. The van der Waals surface area contributed by atoms with E-state index in [1.165, 1.54) is 4.52 Å². The molecular formula is C17H13F3N6. The number of rotatable bonds is 2. The fourth-order valence-corrected chi connectivity index (χ4v) is 2.84. The van der Waals surface area contributed by atoms with Crippen LogP contribution >= 0.6 is 0 Å². The van der Waals surface area contributed by atoms with Crippen molar-refractivity contribution < 1.29 is 13.2 Å². The largest absolute Gasteiger partial charge is 0.417 e. The van der Waals surface area contributed by atoms with Crippen molar-refractivity contribution in [2.45, 2.75) is 25.9 Å². The normalized spacial score (nSPS) is 12.4. The molecule has 0 aliphatic heterocycles. The molecule has 4 rings (SSSR count). The molecule has 26 heavy (non-hydrogen) atoms. The van der Waals surface area contributed by atoms with Crippen LogP contribution < -0.4 is 0 Å². The first-order valence-electron chi connectivity index (χ1n) is 7.91. The molecule has 0 fully saturated rings. The van der Waals surface area contributed by atoms with Crippen LogP contribution in [0, 0.1) is 0 Å². The Morgan fingerprint density at radius 2 is 1.77 bits per heavy atom. The zero-order valence-corrected chi connectivity index (χ0v) is 13.9. The Kier molecular flexibility index (Phi) is 3.60. The van der Waals surface area contributed by atoms with Crippen molar-refractivity contribution in [1.29, 1.82) is 0 Å². The highest BCUT2D eigenvalue weighted by Gasteiger charge is 2.36. The van der Waals surface area contributed by atoms with Gasteiger partial charge in [-0.25, -0.2) is 9.97 Å². The van der Waals surface area contributed by atoms with Gasteiger partial charge >= 0.3 is 6.18 Å². The van der Waals surface area contributed by atoms with E-state index in [2.05, 4.69) is 25.5 Å². The lowest BCUT2D eigenvalue weighted by molar-refractivity contribution is -0.136. The second kappa shape index (κ2) is 5.72. The van der Waals surface area contributed by atoms with Gasteiger partial charge in [-0.15, -0.1) is 5.10 Å². The van der Waals surface area contributed by atoms with Crippen molar-refractivity contribution in [3.05, 3.63) is 47.8 Å². The van der Waals surface area contributed by atoms with Crippen LogP contribution in [0.3, 0.4) is 0 Å². The highest BCUT2D eigenvalue weighted by atomic mass is 19.4. The number of hydrogen-bond donors (Lipinski definition) is 0. The minimum atomic E-state index is -4.60. The molecule has 6 nitrogen and oxygen atoms in total. The van der Waals surface area contributed by atoms with Crippen LogP contribution in [0.25, 0.3) is 27.9 Å². The van der Waals surface area contributed by atoms with E-state index in [1.54, 1.807) is 30.3 Å². The number of hydrogen-bond acceptors (Lipinski definition) is 5. The number of tetrazole rings is 1. The Balaban J connectivity index is 2.15. The summed E-state index contributed by atoms with van der Waals surface area (Å²) >= 11 is 0. The van der Waals surface area contributed by atoms with E-state index in [1.807, 2.05) is 13.8 Å². The van der Waals surface area contributed by atoms with Crippen molar-refractivity contribution in [2.75, 3.05) is 0 Å². The zero-order chi connectivity index (χ0) is 18.5. The molecule has 0 aliphatic carbocycles. The third-order valence-corrected chi connectivity index (χ3v) is 4.02. The summed E-state index contributed by atoms with van der Waals surface area (Å²) in [4.78, 5) is 8.72. The minimum absolute atomic E-state index is 0.00173. The van der Waals surface area contributed by atoms with Crippen LogP contribution in [0.2, 0.25) is 0 Å². The first-order valence-corrected chi connectivity index (χ1v) is 7.91. The monoisotopic (exact) mass is 358 g/mol. The Hall–Kier alpha value is -3.10. The Bertz CT molecular complexity index is 1100. The van der Waals surface area contributed by atoms with E-state index >= 15 is 0 Å². The maximum Gasteiger partial charge on any atom is 0.417 e. The quantitative estimate of drug-likeness (QED) is 0.544. The summed E-state index contributed by atoms with van der Waals surface area (Å²) in [5, 5.41) is 10.9. The van der Waals surface area contributed by atoms with Crippen LogP contribution in [-0.4, -0.2) is 30.0 Å². The summed E-state index contributed by atoms with van der Waals surface area (Å²) in [5.41, 5.74) is -0.108. The number of aromatic nitrogens is 6. The fraction of sp³-hybridized carbons (Fsp3) is 0.235. The van der Waals surface area contributed by atoms with E-state index < -0.39 is 11.7 Å². The van der Waals surface area contributed by atoms with Gasteiger partial charge in [0.15, 0.2) is 11.3 Å². The fourth-order valence-electron chi connectivity index (χ4n) is 2.84. The molecule has 0 unspecified atom stereocenters. The van der Waals surface area contributed by atoms with E-state index in [0.29, 0.717) is 11.4 Å². The lowest BCUT2D eigenvalue weighted by Gasteiger charge is -2.14. The molecule has 0 N–H and O–H groups in total. The van der Waals surface area contributed by atoms with Crippen molar-refractivity contribution >= 4 is 16.7 Å². The van der Waals surface area contributed by atoms with Gasteiger partial charge < -0.3 is 0 Å². The molecule has 0 amide bonds. The van der Waals surface area contributed by atoms with Crippen LogP contribution in [0.5, 0.6) is 0 Å². The topological polar surface area (TPSA) is 68.9 Å². The number of fused-ring (bicyclic) bond motifs is 3. The van der Waals surface area contributed by atoms with E-state index in [-0.39, 0.29) is 28.3 Å². The van der Waals surface area contributed by atoms with Gasteiger partial charge in [0.1, 0.15) is 5.82 Å². The molecule has 0 saturated heterocycles. The van der Waals surface area contributed by atoms with Gasteiger partial charge in [0.25, 0.3) is 0 Å². The van der Waals surface area contributed by atoms with E-state index in [9.17, 15) is 13.2 Å². The van der Waals surface area contributed by atoms with Gasteiger partial charge in [0.2, 0.25) is 0 Å². The summed E-state index contributed by atoms with van der Waals surface area (Å²) in [6.07, 6.45) is -4.60. The summed E-state index contributed by atoms with van der Waals surface area (Å²) in [5.74, 6) is 0.352. The molecule has 0 saturated carbocycles. The van der Waals surface area contributed by atoms with Crippen LogP contribution in [0.4, 0.5) is 13.2 Å². The number of nitrogens with zero attached hydrogens (tertiary/aromatic N) is 6. The third-order valence-electron chi connectivity index (χ3n) is 4.02. The van der Waals surface area contributed by atoms with Crippen LogP contribution in [-0.2, 0) is 6.18 Å². The first-order chi connectivity index (χ1) is 12.4. The lowest BCUT2D eigenvalue weighted by Crippen LogP contribution is -2.12. The van der Waals surface area contributed by atoms with Crippen molar-refractivity contribution in [2.24, 2.45) is 0 Å². The molecule has 132 valence electrons. The van der Waals surface area contributed by atoms with Gasteiger partial charge in [0, 0.05) is 11.5 Å². The molecule has 3 aromatic heterocycles. The van der Waals surface area contributed by atoms with Gasteiger partial charge in [-0.05, 0) is 16.5 Å². The van der Waals surface area contributed by atoms with Gasteiger partial charge in [-0.2, -0.15) is 17.7 Å². The second-order valence-electron chi connectivity index (χ2n) is 6.16. The SMILES string of the molecule is CC(C)c1nc2nc(-c3ccccc3)cc(C(F)(F)F)c2c2nnnn12. The molecule has 4 aromatic rings. The number of alkyl halides is 3. The predicted octanol–water partition coefficient (Wildman–Crippen LogP) is 3.88. The predicted molar refractivity (Wildman–Crippen MR) is 88.4 cm³/mol. The maximum absolute atomic E-state index is 13.8. The van der Waals surface area contributed by atoms with Crippen LogP contribution in [0.1, 0.15) is 31.2 Å². The Labute approximate surface area is 145 Å². The van der Waals surface area contributed by atoms with Crippen LogP contribution in [0.15, 0.2) is 36.4 Å². The average Bonchev–Trinajstić information content (AvgIpc) is 3.09. The highest BCUT2D eigenvalue weighted by Crippen LogP contribution is 2.38. The van der Waals surface area contributed by atoms with E-state index in [4.69, 9.17) is 0 Å². The van der Waals surface area contributed by atoms with Crippen molar-refractivity contribution in [3.63, 3.8) is 0 Å². The molecule has 0 aliphatic rings. The summed E-state index contributed by atoms with van der Waals surface area (Å²) in [7, 11) is 0. The standard InChI is InChI=1S/C17H13F3N6/c1-9(2)15-22-14-13(16-23-24-25-26(15)16)11(17(18,19)20)8-12(21-14)10-6-4-3-5-7-10/h3-9H,1-2H3. The minimum Gasteiger partial charge on any atom is -0.228 e. The number of halogens is 3. The molecule has 0 atom stereocenters. The summed E-state index contributed by atoms with van der Waals surface area (Å²) < 4.78 is 42.6. The van der Waals surface area contributed by atoms with Crippen molar-refractivity contribution in [1.82, 2.24) is 30.0 Å². The smallest absolute Gasteiger partial charge is 0.228 e. The summed E-state index contributed by atoms with van der Waals surface area (Å²) in [6.45, 7) is 3.72. The Morgan fingerprint density at radius 1 is 1.04 bits per heavy atom. The first kappa shape index (κ1) is 16.4. The second-order valence-corrected chi connectivity index (χ2v) is 6.16. The Morgan fingerprint density at radius 3 is 2.42 bits per heavy atom. The van der Waals surface area contributed by atoms with Gasteiger partial charge in [-0.1, -0.05) is 44.2 Å². The lowest BCUT2D eigenvalue weighted by atomic mass is 10.1. The molecule has 1 aromatic carbocycles. The average molecular weight is 358 g/mol. The van der Waals surface area contributed by atoms with E-state index in [0.717, 1.165) is 6.07 Å². The molecule has 9 heteroatoms. The zero-order valence-electron chi connectivity index (χ0n) is 13.9. The highest BCUT2D eigenvalue weighted by molar-refractivity contribution is 5.93. The maximum atomic E-state index is 13.8. The number of pyridine rings is 1. The molecule has 0 spiro atoms. The molecule has 3 heterocycles. The third kappa shape index (κ3) is 2.56. The summed E-state index contributed by atoms with van der Waals surface area (Å²) in [6, 6.07) is 9.70. The molecule has 0 bridgehead atoms.